The highest BCUT2D eigenvalue weighted by molar-refractivity contribution is 7.93. The molecule has 0 spiro atoms. The molecule has 0 atom stereocenters. The Kier molecular flexibility index (Phi) is 7.23. The summed E-state index contributed by atoms with van der Waals surface area (Å²) in [6.45, 7) is 0. The topological polar surface area (TPSA) is 133 Å². The summed E-state index contributed by atoms with van der Waals surface area (Å²) in [5.74, 6) is 0. The van der Waals surface area contributed by atoms with Gasteiger partial charge in [0.25, 0.3) is 20.0 Å². The number of carbonyl (C=O) groups is 1. The zero-order chi connectivity index (χ0) is 25.6. The van der Waals surface area contributed by atoms with E-state index in [1.165, 1.54) is 48.5 Å². The third kappa shape index (κ3) is 6.40. The van der Waals surface area contributed by atoms with Gasteiger partial charge in [-0.25, -0.2) is 21.6 Å². The van der Waals surface area contributed by atoms with Gasteiger partial charge in [0.05, 0.1) is 9.79 Å². The first kappa shape index (κ1) is 24.8. The van der Waals surface area contributed by atoms with Gasteiger partial charge in [-0.05, 0) is 72.8 Å². The second-order valence-corrected chi connectivity index (χ2v) is 10.9. The second-order valence-electron chi connectivity index (χ2n) is 7.57. The summed E-state index contributed by atoms with van der Waals surface area (Å²) < 4.78 is 54.6. The largest absolute Gasteiger partial charge is 0.323 e. The van der Waals surface area contributed by atoms with E-state index < -0.39 is 26.1 Å². The Labute approximate surface area is 209 Å². The van der Waals surface area contributed by atoms with Crippen LogP contribution in [0, 0.1) is 0 Å². The fourth-order valence-electron chi connectivity index (χ4n) is 3.16. The van der Waals surface area contributed by atoms with E-state index in [0.29, 0.717) is 22.7 Å². The molecule has 0 aromatic heterocycles. The molecule has 4 N–H and O–H groups in total. The lowest BCUT2D eigenvalue weighted by Crippen LogP contribution is -2.19. The van der Waals surface area contributed by atoms with E-state index >= 15 is 0 Å². The van der Waals surface area contributed by atoms with E-state index in [0.717, 1.165) is 0 Å². The minimum Gasteiger partial charge on any atom is -0.308 e. The van der Waals surface area contributed by atoms with Gasteiger partial charge in [-0.1, -0.05) is 36.4 Å². The normalized spacial score (nSPS) is 11.3. The van der Waals surface area contributed by atoms with Crippen LogP contribution in [-0.2, 0) is 20.0 Å². The molecule has 0 aliphatic carbocycles. The van der Waals surface area contributed by atoms with Gasteiger partial charge in [-0.2, -0.15) is 0 Å². The first-order chi connectivity index (χ1) is 17.2. The number of sulfonamides is 2. The third-order valence-electron chi connectivity index (χ3n) is 4.90. The molecule has 9 nitrogen and oxygen atoms in total. The molecule has 11 heteroatoms. The van der Waals surface area contributed by atoms with Gasteiger partial charge in [-0.15, -0.1) is 0 Å². The van der Waals surface area contributed by atoms with Crippen LogP contribution >= 0.6 is 0 Å². The predicted molar refractivity (Wildman–Crippen MR) is 140 cm³/mol. The van der Waals surface area contributed by atoms with E-state index in [9.17, 15) is 21.6 Å². The number of anilines is 4. The summed E-state index contributed by atoms with van der Waals surface area (Å²) in [4.78, 5) is 12.6. The number of nitrogens with one attached hydrogen (secondary N) is 4. The Morgan fingerprint density at radius 3 is 1.08 bits per heavy atom. The number of benzene rings is 4. The van der Waals surface area contributed by atoms with E-state index in [1.807, 2.05) is 0 Å². The highest BCUT2D eigenvalue weighted by Gasteiger charge is 2.14. The Morgan fingerprint density at radius 2 is 0.750 bits per heavy atom. The molecule has 0 unspecified atom stereocenters. The van der Waals surface area contributed by atoms with Crippen LogP contribution in [0.5, 0.6) is 0 Å². The zero-order valence-corrected chi connectivity index (χ0v) is 20.4. The van der Waals surface area contributed by atoms with Crippen molar-refractivity contribution in [1.29, 1.82) is 0 Å². The number of hydrogen-bond acceptors (Lipinski definition) is 5. The molecule has 0 saturated heterocycles. The molecule has 4 aromatic carbocycles. The molecule has 0 radical (unpaired) electrons. The fourth-order valence-corrected chi connectivity index (χ4v) is 5.32. The average molecular weight is 523 g/mol. The number of hydrogen-bond donors (Lipinski definition) is 4. The van der Waals surface area contributed by atoms with Crippen molar-refractivity contribution < 1.29 is 21.6 Å². The number of urea groups is 1. The molecule has 0 aliphatic heterocycles. The molecule has 4 aromatic rings. The predicted octanol–water partition coefficient (Wildman–Crippen LogP) is 4.93. The minimum absolute atomic E-state index is 0.144. The van der Waals surface area contributed by atoms with Crippen LogP contribution in [0.15, 0.2) is 119 Å². The average Bonchev–Trinajstić information content (AvgIpc) is 2.87. The molecule has 4 rings (SSSR count). The van der Waals surface area contributed by atoms with Crippen LogP contribution < -0.4 is 20.1 Å². The molecule has 0 bridgehead atoms. The van der Waals surface area contributed by atoms with Crippen molar-refractivity contribution in [3.63, 3.8) is 0 Å². The Morgan fingerprint density at radius 1 is 0.444 bits per heavy atom. The lowest BCUT2D eigenvalue weighted by Gasteiger charge is -2.11. The van der Waals surface area contributed by atoms with Gasteiger partial charge in [0, 0.05) is 22.7 Å². The van der Waals surface area contributed by atoms with Crippen LogP contribution in [0.3, 0.4) is 0 Å². The minimum atomic E-state index is -3.71. The van der Waals surface area contributed by atoms with Gasteiger partial charge < -0.3 is 10.6 Å². The molecule has 2 amide bonds. The van der Waals surface area contributed by atoms with E-state index in [2.05, 4.69) is 20.1 Å². The Balaban J connectivity index is 1.32. The van der Waals surface area contributed by atoms with Crippen molar-refractivity contribution in [2.75, 3.05) is 20.1 Å². The van der Waals surface area contributed by atoms with Gasteiger partial charge in [0.15, 0.2) is 0 Å². The summed E-state index contributed by atoms with van der Waals surface area (Å²) >= 11 is 0. The fraction of sp³-hybridized carbons (Fsp3) is 0. The maximum Gasteiger partial charge on any atom is 0.323 e. The lowest BCUT2D eigenvalue weighted by molar-refractivity contribution is 0.262. The van der Waals surface area contributed by atoms with Crippen LogP contribution in [0.25, 0.3) is 0 Å². The monoisotopic (exact) mass is 522 g/mol. The van der Waals surface area contributed by atoms with Gasteiger partial charge in [0.2, 0.25) is 0 Å². The third-order valence-corrected chi connectivity index (χ3v) is 7.69. The maximum absolute atomic E-state index is 12.4. The first-order valence-corrected chi connectivity index (χ1v) is 13.6. The summed E-state index contributed by atoms with van der Waals surface area (Å²) in [6, 6.07) is 27.8. The van der Waals surface area contributed by atoms with Gasteiger partial charge in [-0.3, -0.25) is 9.44 Å². The number of carbonyl (C=O) groups excluding carboxylic acids is 1. The SMILES string of the molecule is O=C(Nc1ccc(NS(=O)(=O)c2ccccc2)cc1)Nc1ccc(NS(=O)(=O)c2ccccc2)cc1. The Hall–Kier alpha value is -4.35. The van der Waals surface area contributed by atoms with Crippen molar-refractivity contribution in [2.24, 2.45) is 0 Å². The summed E-state index contributed by atoms with van der Waals surface area (Å²) in [7, 11) is -7.43. The second kappa shape index (κ2) is 10.5. The van der Waals surface area contributed by atoms with Gasteiger partial charge >= 0.3 is 6.03 Å². The lowest BCUT2D eigenvalue weighted by atomic mass is 10.3. The van der Waals surface area contributed by atoms with E-state index in [-0.39, 0.29) is 9.79 Å². The van der Waals surface area contributed by atoms with Crippen molar-refractivity contribution >= 4 is 48.8 Å². The maximum atomic E-state index is 12.4. The molecule has 0 aliphatic rings. The summed E-state index contributed by atoms with van der Waals surface area (Å²) in [5.41, 5.74) is 1.58. The van der Waals surface area contributed by atoms with Crippen molar-refractivity contribution in [2.45, 2.75) is 9.79 Å². The first-order valence-electron chi connectivity index (χ1n) is 10.7. The molecular weight excluding hydrogens is 500 g/mol. The quantitative estimate of drug-likeness (QED) is 0.260. The van der Waals surface area contributed by atoms with Crippen LogP contribution in [-0.4, -0.2) is 22.9 Å². The molecule has 0 heterocycles. The molecule has 0 fully saturated rings. The number of amides is 2. The zero-order valence-electron chi connectivity index (χ0n) is 18.8. The molecule has 184 valence electrons. The van der Waals surface area contributed by atoms with Crippen molar-refractivity contribution in [1.82, 2.24) is 0 Å². The summed E-state index contributed by atoms with van der Waals surface area (Å²) in [5, 5.41) is 5.30. The van der Waals surface area contributed by atoms with Crippen molar-refractivity contribution in [3.8, 4) is 0 Å². The standard InChI is InChI=1S/C25H22N4O5S2/c30-25(26-19-11-15-21(16-12-19)28-35(31,32)23-7-3-1-4-8-23)27-20-13-17-22(18-14-20)29-36(33,34)24-9-5-2-6-10-24/h1-18,28-29H,(H2,26,27,30). The van der Waals surface area contributed by atoms with Crippen LogP contribution in [0.1, 0.15) is 0 Å². The number of rotatable bonds is 8. The smallest absolute Gasteiger partial charge is 0.308 e. The Bertz CT molecular complexity index is 1420. The highest BCUT2D eigenvalue weighted by atomic mass is 32.2. The molecule has 36 heavy (non-hydrogen) atoms. The van der Waals surface area contributed by atoms with Gasteiger partial charge in [0.1, 0.15) is 0 Å². The van der Waals surface area contributed by atoms with E-state index in [4.69, 9.17) is 0 Å². The molecule has 0 saturated carbocycles. The van der Waals surface area contributed by atoms with Crippen molar-refractivity contribution in [3.05, 3.63) is 109 Å². The molecular formula is C25H22N4O5S2. The van der Waals surface area contributed by atoms with E-state index in [1.54, 1.807) is 60.7 Å². The summed E-state index contributed by atoms with van der Waals surface area (Å²) in [6.07, 6.45) is 0. The van der Waals surface area contributed by atoms with Crippen LogP contribution in [0.4, 0.5) is 27.5 Å². The van der Waals surface area contributed by atoms with Crippen LogP contribution in [0.2, 0.25) is 0 Å². The highest BCUT2D eigenvalue weighted by Crippen LogP contribution is 2.20.